The molecule has 2 saturated heterocycles. The maximum absolute atomic E-state index is 12.6. The summed E-state index contributed by atoms with van der Waals surface area (Å²) in [5.41, 5.74) is 0.687. The van der Waals surface area contributed by atoms with Crippen molar-refractivity contribution < 1.29 is 19.1 Å². The Balaban J connectivity index is 1.27. The van der Waals surface area contributed by atoms with Crippen molar-refractivity contribution in [3.05, 3.63) is 36.4 Å². The molecule has 7 nitrogen and oxygen atoms in total. The average Bonchev–Trinajstić information content (AvgIpc) is 2.94. The molecule has 29 heavy (non-hydrogen) atoms. The fraction of sp³-hybridized carbons (Fsp3) is 0.500. The lowest BCUT2D eigenvalue weighted by atomic mass is 9.85. The smallest absolute Gasteiger partial charge is 0.321 e. The minimum atomic E-state index is -0.223. The molecule has 0 radical (unpaired) electrons. The first-order valence-corrected chi connectivity index (χ1v) is 10.4. The number of amides is 4. The van der Waals surface area contributed by atoms with Gasteiger partial charge in [-0.1, -0.05) is 25.5 Å². The van der Waals surface area contributed by atoms with Crippen molar-refractivity contribution >= 4 is 23.5 Å². The number of nitrogens with zero attached hydrogens (tertiary/aromatic N) is 2. The number of carbonyl (C=O) groups is 3. The second-order valence-corrected chi connectivity index (χ2v) is 7.92. The highest BCUT2D eigenvalue weighted by molar-refractivity contribution is 6.06. The predicted molar refractivity (Wildman–Crippen MR) is 108 cm³/mol. The number of unbranched alkanes of at least 4 members (excludes halogenated alkanes) is 1. The third kappa shape index (κ3) is 3.86. The molecule has 4 rings (SSSR count). The second kappa shape index (κ2) is 8.27. The number of nitrogens with one attached hydrogen (secondary N) is 1. The number of imide groups is 1. The zero-order chi connectivity index (χ0) is 20.4. The van der Waals surface area contributed by atoms with Crippen LogP contribution in [0.15, 0.2) is 36.4 Å². The molecule has 1 aliphatic carbocycles. The van der Waals surface area contributed by atoms with E-state index in [4.69, 9.17) is 4.74 Å². The molecule has 1 N–H and O–H groups in total. The molecule has 0 bridgehead atoms. The van der Waals surface area contributed by atoms with E-state index in [1.165, 1.54) is 4.90 Å². The van der Waals surface area contributed by atoms with Gasteiger partial charge in [0.25, 0.3) is 0 Å². The number of carbonyl (C=O) groups excluding carboxylic acids is 3. The van der Waals surface area contributed by atoms with E-state index < -0.39 is 0 Å². The van der Waals surface area contributed by atoms with Gasteiger partial charge < -0.3 is 15.0 Å². The van der Waals surface area contributed by atoms with Crippen molar-refractivity contribution in [1.82, 2.24) is 9.80 Å². The molecule has 2 atom stereocenters. The van der Waals surface area contributed by atoms with Crippen molar-refractivity contribution in [3.8, 4) is 5.75 Å². The lowest BCUT2D eigenvalue weighted by molar-refractivity contribution is -0.145. The summed E-state index contributed by atoms with van der Waals surface area (Å²) >= 11 is 0. The molecule has 0 spiro atoms. The first kappa shape index (κ1) is 19.5. The molecule has 2 aliphatic heterocycles. The van der Waals surface area contributed by atoms with Crippen LogP contribution < -0.4 is 10.1 Å². The fourth-order valence-electron chi connectivity index (χ4n) is 4.14. The van der Waals surface area contributed by atoms with Crippen molar-refractivity contribution in [1.29, 1.82) is 0 Å². The normalized spacial score (nSPS) is 23.8. The number of ether oxygens (including phenoxy) is 1. The van der Waals surface area contributed by atoms with Gasteiger partial charge in [0.1, 0.15) is 5.75 Å². The van der Waals surface area contributed by atoms with E-state index in [1.54, 1.807) is 4.90 Å². The first-order chi connectivity index (χ1) is 14.1. The van der Waals surface area contributed by atoms with Crippen molar-refractivity contribution in [3.63, 3.8) is 0 Å². The Kier molecular flexibility index (Phi) is 5.56. The average molecular weight is 397 g/mol. The van der Waals surface area contributed by atoms with Crippen LogP contribution in [-0.4, -0.2) is 53.4 Å². The molecule has 2 heterocycles. The predicted octanol–water partition coefficient (Wildman–Crippen LogP) is 3.03. The van der Waals surface area contributed by atoms with Crippen LogP contribution in [0.4, 0.5) is 10.5 Å². The number of anilines is 1. The number of rotatable bonds is 6. The number of fused-ring (bicyclic) bond motifs is 1. The van der Waals surface area contributed by atoms with Crippen molar-refractivity contribution in [2.75, 3.05) is 25.0 Å². The minimum absolute atomic E-state index is 0.0759. The Hall–Kier alpha value is -2.83. The molecule has 2 fully saturated rings. The number of hydrogen-bond acceptors (Lipinski definition) is 4. The Morgan fingerprint density at radius 1 is 1.07 bits per heavy atom. The van der Waals surface area contributed by atoms with E-state index in [1.807, 2.05) is 36.4 Å². The molecule has 3 aliphatic rings. The quantitative estimate of drug-likeness (QED) is 0.455. The topological polar surface area (TPSA) is 79.0 Å². The van der Waals surface area contributed by atoms with E-state index in [0.717, 1.165) is 18.6 Å². The van der Waals surface area contributed by atoms with Gasteiger partial charge >= 0.3 is 6.03 Å². The van der Waals surface area contributed by atoms with Crippen LogP contribution in [0.5, 0.6) is 5.75 Å². The van der Waals surface area contributed by atoms with Gasteiger partial charge in [0.05, 0.1) is 24.5 Å². The van der Waals surface area contributed by atoms with Gasteiger partial charge in [-0.05, 0) is 43.5 Å². The number of urea groups is 1. The van der Waals surface area contributed by atoms with Crippen LogP contribution in [0, 0.1) is 11.8 Å². The summed E-state index contributed by atoms with van der Waals surface area (Å²) in [4.78, 5) is 40.7. The van der Waals surface area contributed by atoms with Gasteiger partial charge in [-0.25, -0.2) is 4.79 Å². The molecular formula is C22H27N3O4. The largest absolute Gasteiger partial charge is 0.494 e. The molecule has 7 heteroatoms. The SMILES string of the molecule is CCCCOc1ccc(NC(=O)N2CC(N3C(=O)[C@H]4CC=CC[C@H]4C3=O)C2)cc1. The van der Waals surface area contributed by atoms with E-state index in [2.05, 4.69) is 12.2 Å². The van der Waals surface area contributed by atoms with Crippen molar-refractivity contribution in [2.45, 2.75) is 38.6 Å². The van der Waals surface area contributed by atoms with E-state index in [0.29, 0.717) is 38.2 Å². The van der Waals surface area contributed by atoms with Crippen LogP contribution in [0.3, 0.4) is 0 Å². The molecule has 0 unspecified atom stereocenters. The lowest BCUT2D eigenvalue weighted by Crippen LogP contribution is -2.63. The third-order valence-electron chi connectivity index (χ3n) is 5.93. The zero-order valence-electron chi connectivity index (χ0n) is 16.7. The van der Waals surface area contributed by atoms with E-state index in [9.17, 15) is 14.4 Å². The van der Waals surface area contributed by atoms with Gasteiger partial charge in [-0.15, -0.1) is 0 Å². The lowest BCUT2D eigenvalue weighted by Gasteiger charge is -2.43. The van der Waals surface area contributed by atoms with E-state index >= 15 is 0 Å². The molecule has 0 saturated carbocycles. The number of allylic oxidation sites excluding steroid dienone is 2. The van der Waals surface area contributed by atoms with Crippen LogP contribution in [0.2, 0.25) is 0 Å². The Labute approximate surface area is 170 Å². The highest BCUT2D eigenvalue weighted by atomic mass is 16.5. The van der Waals surface area contributed by atoms with Crippen molar-refractivity contribution in [2.24, 2.45) is 11.8 Å². The molecule has 1 aromatic carbocycles. The molecule has 154 valence electrons. The highest BCUT2D eigenvalue weighted by Crippen LogP contribution is 2.37. The Bertz CT molecular complexity index is 788. The number of benzene rings is 1. The van der Waals surface area contributed by atoms with Crippen LogP contribution in [-0.2, 0) is 9.59 Å². The van der Waals surface area contributed by atoms with Gasteiger partial charge in [0, 0.05) is 18.8 Å². The van der Waals surface area contributed by atoms with Crippen LogP contribution >= 0.6 is 0 Å². The molecule has 1 aromatic rings. The number of hydrogen-bond donors (Lipinski definition) is 1. The summed E-state index contributed by atoms with van der Waals surface area (Å²) in [6, 6.07) is 6.85. The third-order valence-corrected chi connectivity index (χ3v) is 5.93. The van der Waals surface area contributed by atoms with Crippen LogP contribution in [0.25, 0.3) is 0 Å². The van der Waals surface area contributed by atoms with Gasteiger partial charge in [-0.3, -0.25) is 14.5 Å². The Morgan fingerprint density at radius 2 is 1.69 bits per heavy atom. The zero-order valence-corrected chi connectivity index (χ0v) is 16.7. The molecular weight excluding hydrogens is 370 g/mol. The molecule has 4 amide bonds. The summed E-state index contributed by atoms with van der Waals surface area (Å²) in [5, 5.41) is 2.85. The highest BCUT2D eigenvalue weighted by Gasteiger charge is 2.52. The number of likely N-dealkylation sites (tertiary alicyclic amines) is 2. The maximum atomic E-state index is 12.6. The summed E-state index contributed by atoms with van der Waals surface area (Å²) in [7, 11) is 0. The van der Waals surface area contributed by atoms with Gasteiger partial charge in [0.15, 0.2) is 0 Å². The molecule has 0 aromatic heterocycles. The summed E-state index contributed by atoms with van der Waals surface area (Å²) in [5.74, 6) is 0.200. The van der Waals surface area contributed by atoms with Gasteiger partial charge in [0.2, 0.25) is 11.8 Å². The van der Waals surface area contributed by atoms with Gasteiger partial charge in [-0.2, -0.15) is 0 Å². The first-order valence-electron chi connectivity index (χ1n) is 10.4. The monoisotopic (exact) mass is 397 g/mol. The summed E-state index contributed by atoms with van der Waals surface area (Å²) < 4.78 is 5.62. The standard InChI is InChI=1S/C22H27N3O4/c1-2-3-12-29-17-10-8-15(9-11-17)23-22(28)24-13-16(14-24)25-20(26)18-6-4-5-7-19(18)21(25)27/h4-5,8-11,16,18-19H,2-3,6-7,12-14H2,1H3,(H,23,28)/t18-,19+. The minimum Gasteiger partial charge on any atom is -0.494 e. The maximum Gasteiger partial charge on any atom is 0.321 e. The van der Waals surface area contributed by atoms with Crippen LogP contribution in [0.1, 0.15) is 32.6 Å². The second-order valence-electron chi connectivity index (χ2n) is 7.92. The Morgan fingerprint density at radius 3 is 2.28 bits per heavy atom. The summed E-state index contributed by atoms with van der Waals surface area (Å²) in [6.07, 6.45) is 7.33. The fourth-order valence-corrected chi connectivity index (χ4v) is 4.14. The summed E-state index contributed by atoms with van der Waals surface area (Å²) in [6.45, 7) is 3.56. The van der Waals surface area contributed by atoms with E-state index in [-0.39, 0.29) is 35.7 Å².